The van der Waals surface area contributed by atoms with Gasteiger partial charge < -0.3 is 9.64 Å². The fourth-order valence-electron chi connectivity index (χ4n) is 3.68. The minimum Gasteiger partial charge on any atom is -0.456 e. The number of halogens is 4. The zero-order valence-electron chi connectivity index (χ0n) is 15.7. The maximum Gasteiger partial charge on any atom is 0.416 e. The highest BCUT2D eigenvalue weighted by Gasteiger charge is 2.34. The van der Waals surface area contributed by atoms with Gasteiger partial charge in [0.2, 0.25) is 0 Å². The molecule has 0 amide bonds. The van der Waals surface area contributed by atoms with E-state index in [1.165, 1.54) is 0 Å². The topological polar surface area (TPSA) is 59.0 Å². The Balaban J connectivity index is 1.57. The van der Waals surface area contributed by atoms with Crippen LogP contribution in [0.3, 0.4) is 0 Å². The molecule has 2 heterocycles. The first-order valence-corrected chi connectivity index (χ1v) is 11.3. The number of amidine groups is 1. The van der Waals surface area contributed by atoms with Gasteiger partial charge in [-0.25, -0.2) is 8.42 Å². The zero-order valence-corrected chi connectivity index (χ0v) is 17.3. The Hall–Kier alpha value is -2.26. The third-order valence-electron chi connectivity index (χ3n) is 5.18. The van der Waals surface area contributed by atoms with Crippen molar-refractivity contribution in [1.82, 2.24) is 4.90 Å². The third-order valence-corrected chi connectivity index (χ3v) is 6.65. The first kappa shape index (κ1) is 21.0. The second-order valence-electron chi connectivity index (χ2n) is 7.23. The molecular weight excluding hydrogens is 441 g/mol. The Morgan fingerprint density at radius 1 is 1.10 bits per heavy atom. The quantitative estimate of drug-likeness (QED) is 0.644. The van der Waals surface area contributed by atoms with Crippen LogP contribution in [0.5, 0.6) is 11.5 Å². The highest BCUT2D eigenvalue weighted by Crippen LogP contribution is 2.38. The summed E-state index contributed by atoms with van der Waals surface area (Å²) in [7, 11) is -3.45. The van der Waals surface area contributed by atoms with Gasteiger partial charge in [-0.05, 0) is 48.7 Å². The number of piperidine rings is 1. The number of fused-ring (bicyclic) bond motifs is 1. The molecule has 1 saturated heterocycles. The number of hydrogen-bond donors (Lipinski definition) is 0. The van der Waals surface area contributed by atoms with E-state index in [-0.39, 0.29) is 22.4 Å². The summed E-state index contributed by atoms with van der Waals surface area (Å²) in [6.07, 6.45) is -2.81. The van der Waals surface area contributed by atoms with Crippen LogP contribution in [0.4, 0.5) is 13.2 Å². The number of hydrogen-bond acceptors (Lipinski definition) is 4. The van der Waals surface area contributed by atoms with Crippen molar-refractivity contribution in [2.75, 3.05) is 18.8 Å². The molecule has 2 aromatic rings. The number of nitrogens with zero attached hydrogens (tertiary/aromatic N) is 2. The van der Waals surface area contributed by atoms with E-state index in [0.717, 1.165) is 43.1 Å². The van der Waals surface area contributed by atoms with Gasteiger partial charge in [-0.15, -0.1) is 4.40 Å². The van der Waals surface area contributed by atoms with Gasteiger partial charge in [0.25, 0.3) is 10.0 Å². The van der Waals surface area contributed by atoms with Crippen LogP contribution in [-0.2, 0) is 16.2 Å². The Bertz CT molecular complexity index is 1090. The summed E-state index contributed by atoms with van der Waals surface area (Å²) in [4.78, 5) is 2.00. The van der Waals surface area contributed by atoms with Crippen molar-refractivity contribution in [3.63, 3.8) is 0 Å². The molecule has 5 nitrogen and oxygen atoms in total. The largest absolute Gasteiger partial charge is 0.456 e. The maximum absolute atomic E-state index is 12.9. The fourth-order valence-corrected chi connectivity index (χ4v) is 4.91. The highest BCUT2D eigenvalue weighted by atomic mass is 35.5. The van der Waals surface area contributed by atoms with E-state index in [0.29, 0.717) is 18.1 Å². The Kier molecular flexibility index (Phi) is 5.44. The van der Waals surface area contributed by atoms with Gasteiger partial charge in [-0.1, -0.05) is 23.7 Å². The summed E-state index contributed by atoms with van der Waals surface area (Å²) in [5, 5.41) is 0.0665. The van der Waals surface area contributed by atoms with E-state index in [4.69, 9.17) is 16.3 Å². The molecule has 1 fully saturated rings. The second-order valence-corrected chi connectivity index (χ2v) is 9.39. The summed E-state index contributed by atoms with van der Waals surface area (Å²) in [6, 6.07) is 9.70. The van der Waals surface area contributed by atoms with Crippen molar-refractivity contribution in [3.05, 3.63) is 58.6 Å². The van der Waals surface area contributed by atoms with E-state index in [1.54, 1.807) is 24.3 Å². The molecule has 2 aromatic carbocycles. The first-order valence-electron chi connectivity index (χ1n) is 9.34. The van der Waals surface area contributed by atoms with E-state index in [9.17, 15) is 21.6 Å². The standard InChI is InChI=1S/C20H18ClF3N2O3S/c21-17-8-5-14(20(22,23)24)12-18(17)29-15-6-3-13(4-7-15)16-2-1-9-26-10-11-30(27,28)25-19(16)26/h3-8,12,16H,1-2,9-11H2. The van der Waals surface area contributed by atoms with Crippen molar-refractivity contribution in [2.24, 2.45) is 4.40 Å². The van der Waals surface area contributed by atoms with Crippen molar-refractivity contribution in [1.29, 1.82) is 0 Å². The Labute approximate surface area is 177 Å². The fraction of sp³-hybridized carbons (Fsp3) is 0.350. The summed E-state index contributed by atoms with van der Waals surface area (Å²) < 4.78 is 72.2. The molecule has 1 atom stereocenters. The zero-order chi connectivity index (χ0) is 21.5. The van der Waals surface area contributed by atoms with Gasteiger partial charge in [0.05, 0.1) is 16.3 Å². The van der Waals surface area contributed by atoms with E-state index < -0.39 is 21.8 Å². The van der Waals surface area contributed by atoms with Gasteiger partial charge in [0.1, 0.15) is 17.3 Å². The molecule has 0 aliphatic carbocycles. The van der Waals surface area contributed by atoms with Crippen LogP contribution in [0.15, 0.2) is 46.9 Å². The van der Waals surface area contributed by atoms with Crippen LogP contribution in [0.1, 0.15) is 29.9 Å². The smallest absolute Gasteiger partial charge is 0.416 e. The van der Waals surface area contributed by atoms with Crippen molar-refractivity contribution in [3.8, 4) is 11.5 Å². The molecule has 0 aromatic heterocycles. The minimum atomic E-state index is -4.50. The van der Waals surface area contributed by atoms with Crippen molar-refractivity contribution >= 4 is 27.5 Å². The van der Waals surface area contributed by atoms with Crippen molar-refractivity contribution in [2.45, 2.75) is 24.9 Å². The number of alkyl halides is 3. The lowest BCUT2D eigenvalue weighted by atomic mass is 9.89. The highest BCUT2D eigenvalue weighted by molar-refractivity contribution is 7.90. The summed E-state index contributed by atoms with van der Waals surface area (Å²) in [6.45, 7) is 1.22. The first-order chi connectivity index (χ1) is 14.1. The number of sulfonamides is 1. The molecule has 0 N–H and O–H groups in total. The summed E-state index contributed by atoms with van der Waals surface area (Å²) in [5.74, 6) is 0.659. The maximum atomic E-state index is 12.9. The minimum absolute atomic E-state index is 0.0216. The van der Waals surface area contributed by atoms with Gasteiger partial charge in [-0.2, -0.15) is 13.2 Å². The normalized spacial score (nSPS) is 21.0. The molecule has 0 radical (unpaired) electrons. The van der Waals surface area contributed by atoms with Gasteiger partial charge in [0, 0.05) is 19.0 Å². The lowest BCUT2D eigenvalue weighted by molar-refractivity contribution is -0.137. The monoisotopic (exact) mass is 458 g/mol. The van der Waals surface area contributed by atoms with E-state index in [1.807, 2.05) is 4.90 Å². The lowest BCUT2D eigenvalue weighted by Crippen LogP contribution is -2.46. The molecular formula is C20H18ClF3N2O3S. The molecule has 2 aliphatic rings. The average molecular weight is 459 g/mol. The summed E-state index contributed by atoms with van der Waals surface area (Å²) in [5.41, 5.74) is 0.0235. The number of ether oxygens (including phenoxy) is 1. The Morgan fingerprint density at radius 2 is 1.83 bits per heavy atom. The van der Waals surface area contributed by atoms with E-state index >= 15 is 0 Å². The number of benzene rings is 2. The SMILES string of the molecule is O=S1(=O)CCN2CCCC(c3ccc(Oc4cc(C(F)(F)F)ccc4Cl)cc3)C2=N1. The molecule has 0 saturated carbocycles. The van der Waals surface area contributed by atoms with Crippen molar-refractivity contribution < 1.29 is 26.3 Å². The van der Waals surface area contributed by atoms with Gasteiger partial charge >= 0.3 is 6.18 Å². The average Bonchev–Trinajstić information content (AvgIpc) is 2.68. The third kappa shape index (κ3) is 4.41. The molecule has 30 heavy (non-hydrogen) atoms. The summed E-state index contributed by atoms with van der Waals surface area (Å²) >= 11 is 5.98. The van der Waals surface area contributed by atoms with E-state index in [2.05, 4.69) is 4.40 Å². The van der Waals surface area contributed by atoms with Crippen LogP contribution in [0.2, 0.25) is 5.02 Å². The predicted octanol–water partition coefficient (Wildman–Crippen LogP) is 5.07. The molecule has 2 aliphatic heterocycles. The molecule has 160 valence electrons. The van der Waals surface area contributed by atoms with Crippen LogP contribution < -0.4 is 4.74 Å². The molecule has 1 unspecified atom stereocenters. The lowest BCUT2D eigenvalue weighted by Gasteiger charge is -2.37. The van der Waals surface area contributed by atoms with Crippen LogP contribution >= 0.6 is 11.6 Å². The van der Waals surface area contributed by atoms with Gasteiger partial charge in [-0.3, -0.25) is 0 Å². The molecule has 4 rings (SSSR count). The molecule has 0 bridgehead atoms. The molecule has 0 spiro atoms. The van der Waals surface area contributed by atoms with Crippen LogP contribution in [0.25, 0.3) is 0 Å². The van der Waals surface area contributed by atoms with Gasteiger partial charge in [0.15, 0.2) is 0 Å². The second kappa shape index (κ2) is 7.77. The Morgan fingerprint density at radius 3 is 2.53 bits per heavy atom. The number of rotatable bonds is 3. The molecule has 10 heteroatoms. The van der Waals surface area contributed by atoms with Crippen LogP contribution in [-0.4, -0.2) is 38.0 Å². The van der Waals surface area contributed by atoms with Crippen LogP contribution in [0, 0.1) is 0 Å². The predicted molar refractivity (Wildman–Crippen MR) is 108 cm³/mol.